The van der Waals surface area contributed by atoms with E-state index in [-0.39, 0.29) is 29.6 Å². The minimum atomic E-state index is -0.170. The number of hydrogen-bond donors (Lipinski definition) is 0. The first kappa shape index (κ1) is 27.0. The molecule has 4 saturated carbocycles. The van der Waals surface area contributed by atoms with Crippen LogP contribution >= 0.6 is 0 Å². The minimum absolute atomic E-state index is 0.0197. The van der Waals surface area contributed by atoms with Gasteiger partial charge < -0.3 is 9.47 Å². The number of hydrogen-bond acceptors (Lipinski definition) is 4. The van der Waals surface area contributed by atoms with Gasteiger partial charge in [-0.1, -0.05) is 53.9 Å². The first-order chi connectivity index (χ1) is 16.5. The average Bonchev–Trinajstić information content (AvgIpc) is 3.10. The van der Waals surface area contributed by atoms with Crippen LogP contribution in [0.25, 0.3) is 0 Å². The van der Waals surface area contributed by atoms with E-state index >= 15 is 0 Å². The summed E-state index contributed by atoms with van der Waals surface area (Å²) in [7, 11) is 0. The molecule has 0 bridgehead atoms. The maximum atomic E-state index is 12.3. The highest BCUT2D eigenvalue weighted by molar-refractivity contribution is 5.66. The van der Waals surface area contributed by atoms with E-state index in [0.717, 1.165) is 43.4 Å². The molecule has 4 fully saturated rings. The molecular weight excluding hydrogens is 436 g/mol. The number of fused-ring (bicyclic) bond motifs is 5. The lowest BCUT2D eigenvalue weighted by Gasteiger charge is -2.62. The molecule has 4 rings (SSSR count). The van der Waals surface area contributed by atoms with Crippen molar-refractivity contribution in [1.82, 2.24) is 0 Å². The van der Waals surface area contributed by atoms with Crippen molar-refractivity contribution in [3.63, 3.8) is 0 Å². The summed E-state index contributed by atoms with van der Waals surface area (Å²) >= 11 is 0. The third-order valence-corrected chi connectivity index (χ3v) is 11.5. The average molecular weight is 489 g/mol. The summed E-state index contributed by atoms with van der Waals surface area (Å²) in [6.07, 6.45) is 13.3. The topological polar surface area (TPSA) is 52.6 Å². The SMILES string of the molecule is CC(=O)O[C@H]1CC[C@]2(C)C3CC[C@@]4(C)C(CC[C@@H]4C(C)CCCC(C)C)C3[C@H](OC(C)=O)C[C@H]2C1. The van der Waals surface area contributed by atoms with Gasteiger partial charge in [0.25, 0.3) is 0 Å². The largest absolute Gasteiger partial charge is 0.463 e. The van der Waals surface area contributed by atoms with Crippen LogP contribution in [0.1, 0.15) is 119 Å². The first-order valence-corrected chi connectivity index (χ1v) is 14.8. The van der Waals surface area contributed by atoms with Crippen molar-refractivity contribution in [2.45, 2.75) is 131 Å². The predicted molar refractivity (Wildman–Crippen MR) is 140 cm³/mol. The zero-order valence-corrected chi connectivity index (χ0v) is 23.6. The fourth-order valence-corrected chi connectivity index (χ4v) is 9.86. The van der Waals surface area contributed by atoms with Gasteiger partial charge in [0.1, 0.15) is 12.2 Å². The maximum absolute atomic E-state index is 12.3. The molecule has 0 radical (unpaired) electrons. The van der Waals surface area contributed by atoms with Crippen molar-refractivity contribution in [3.8, 4) is 0 Å². The van der Waals surface area contributed by atoms with Crippen LogP contribution in [-0.4, -0.2) is 24.1 Å². The van der Waals surface area contributed by atoms with E-state index in [1.807, 2.05) is 0 Å². The zero-order valence-electron chi connectivity index (χ0n) is 23.6. The van der Waals surface area contributed by atoms with Gasteiger partial charge in [-0.25, -0.2) is 0 Å². The molecule has 0 aliphatic heterocycles. The Labute approximate surface area is 214 Å². The summed E-state index contributed by atoms with van der Waals surface area (Å²) in [4.78, 5) is 23.9. The minimum Gasteiger partial charge on any atom is -0.463 e. The van der Waals surface area contributed by atoms with Crippen molar-refractivity contribution < 1.29 is 19.1 Å². The van der Waals surface area contributed by atoms with Crippen LogP contribution in [0.5, 0.6) is 0 Å². The molecule has 4 unspecified atom stereocenters. The maximum Gasteiger partial charge on any atom is 0.302 e. The molecule has 4 aliphatic carbocycles. The molecule has 0 heterocycles. The van der Waals surface area contributed by atoms with Gasteiger partial charge in [0.15, 0.2) is 0 Å². The Morgan fingerprint density at radius 1 is 0.829 bits per heavy atom. The van der Waals surface area contributed by atoms with Crippen LogP contribution < -0.4 is 0 Å². The standard InChI is InChI=1S/C31H52O4/c1-19(2)9-8-10-20(3)25-11-12-26-29-27(14-16-31(25,26)7)30(6)15-13-24(34-21(4)32)17-23(30)18-28(29)35-22(5)33/h19-20,23-29H,8-18H2,1-7H3/t20?,23-,24+,25-,26?,27?,28-,29?,30+,31-/m1/s1. The van der Waals surface area contributed by atoms with Crippen molar-refractivity contribution in [1.29, 1.82) is 0 Å². The van der Waals surface area contributed by atoms with E-state index in [1.54, 1.807) is 6.92 Å². The summed E-state index contributed by atoms with van der Waals surface area (Å²) in [5.74, 6) is 4.28. The van der Waals surface area contributed by atoms with Gasteiger partial charge in [-0.2, -0.15) is 0 Å². The van der Waals surface area contributed by atoms with Gasteiger partial charge in [0.05, 0.1) is 0 Å². The van der Waals surface area contributed by atoms with Crippen LogP contribution in [0.3, 0.4) is 0 Å². The van der Waals surface area contributed by atoms with E-state index in [0.29, 0.717) is 29.1 Å². The van der Waals surface area contributed by atoms with Crippen molar-refractivity contribution >= 4 is 11.9 Å². The van der Waals surface area contributed by atoms with Crippen LogP contribution in [0.4, 0.5) is 0 Å². The Morgan fingerprint density at radius 2 is 1.49 bits per heavy atom. The highest BCUT2D eigenvalue weighted by Gasteiger charge is 2.63. The van der Waals surface area contributed by atoms with Gasteiger partial charge in [-0.15, -0.1) is 0 Å². The van der Waals surface area contributed by atoms with Crippen LogP contribution in [0.2, 0.25) is 0 Å². The molecule has 4 nitrogen and oxygen atoms in total. The highest BCUT2D eigenvalue weighted by atomic mass is 16.5. The Bertz CT molecular complexity index is 776. The quantitative estimate of drug-likeness (QED) is 0.347. The fourth-order valence-electron chi connectivity index (χ4n) is 9.86. The van der Waals surface area contributed by atoms with E-state index in [1.165, 1.54) is 51.9 Å². The smallest absolute Gasteiger partial charge is 0.302 e. The van der Waals surface area contributed by atoms with Crippen LogP contribution in [0, 0.1) is 52.3 Å². The van der Waals surface area contributed by atoms with E-state index in [2.05, 4.69) is 34.6 Å². The summed E-state index contributed by atoms with van der Waals surface area (Å²) < 4.78 is 11.8. The zero-order chi connectivity index (χ0) is 25.5. The number of carbonyl (C=O) groups is 2. The molecule has 0 saturated heterocycles. The predicted octanol–water partition coefficient (Wildman–Crippen LogP) is 7.58. The Balaban J connectivity index is 1.56. The summed E-state index contributed by atoms with van der Waals surface area (Å²) in [6, 6.07) is 0. The molecule has 10 atom stereocenters. The summed E-state index contributed by atoms with van der Waals surface area (Å²) in [5, 5.41) is 0. The van der Waals surface area contributed by atoms with Crippen molar-refractivity contribution in [2.75, 3.05) is 0 Å². The lowest BCUT2D eigenvalue weighted by molar-refractivity contribution is -0.197. The second kappa shape index (κ2) is 10.4. The van der Waals surface area contributed by atoms with Gasteiger partial charge in [-0.05, 0) is 97.7 Å². The molecule has 35 heavy (non-hydrogen) atoms. The fraction of sp³-hybridized carbons (Fsp3) is 0.935. The summed E-state index contributed by atoms with van der Waals surface area (Å²) in [6.45, 7) is 15.4. The Kier molecular flexibility index (Phi) is 7.99. The normalized spacial score (nSPS) is 43.6. The van der Waals surface area contributed by atoms with Crippen LogP contribution in [-0.2, 0) is 19.1 Å². The Morgan fingerprint density at radius 3 is 2.14 bits per heavy atom. The number of ether oxygens (including phenoxy) is 2. The monoisotopic (exact) mass is 488 g/mol. The lowest BCUT2D eigenvalue weighted by Crippen LogP contribution is -2.59. The molecule has 200 valence electrons. The summed E-state index contributed by atoms with van der Waals surface area (Å²) in [5.41, 5.74) is 0.634. The molecule has 0 N–H and O–H groups in total. The molecule has 4 aliphatic rings. The Hall–Kier alpha value is -1.06. The highest BCUT2D eigenvalue weighted by Crippen LogP contribution is 2.68. The second-order valence-corrected chi connectivity index (χ2v) is 13.9. The molecule has 0 aromatic heterocycles. The molecule has 0 spiro atoms. The molecule has 0 aromatic rings. The van der Waals surface area contributed by atoms with Crippen molar-refractivity contribution in [2.24, 2.45) is 52.3 Å². The molecular formula is C31H52O4. The molecule has 0 amide bonds. The van der Waals surface area contributed by atoms with Gasteiger partial charge >= 0.3 is 11.9 Å². The van der Waals surface area contributed by atoms with E-state index in [9.17, 15) is 9.59 Å². The molecule has 4 heteroatoms. The third-order valence-electron chi connectivity index (χ3n) is 11.5. The number of esters is 2. The van der Waals surface area contributed by atoms with E-state index in [4.69, 9.17) is 9.47 Å². The number of carbonyl (C=O) groups excluding carboxylic acids is 2. The van der Waals surface area contributed by atoms with Crippen LogP contribution in [0.15, 0.2) is 0 Å². The van der Waals surface area contributed by atoms with E-state index < -0.39 is 0 Å². The third kappa shape index (κ3) is 5.19. The van der Waals surface area contributed by atoms with Gasteiger partial charge in [-0.3, -0.25) is 9.59 Å². The molecule has 0 aromatic carbocycles. The second-order valence-electron chi connectivity index (χ2n) is 13.9. The first-order valence-electron chi connectivity index (χ1n) is 14.8. The van der Waals surface area contributed by atoms with Gasteiger partial charge in [0, 0.05) is 19.8 Å². The lowest BCUT2D eigenvalue weighted by atomic mass is 9.43. The van der Waals surface area contributed by atoms with Gasteiger partial charge in [0.2, 0.25) is 0 Å². The van der Waals surface area contributed by atoms with Crippen molar-refractivity contribution in [3.05, 3.63) is 0 Å². The number of rotatable bonds is 7.